The third-order valence-corrected chi connectivity index (χ3v) is 5.40. The molecule has 0 saturated carbocycles. The molecule has 0 unspecified atom stereocenters. The fourth-order valence-electron chi connectivity index (χ4n) is 3.34. The summed E-state index contributed by atoms with van der Waals surface area (Å²) in [6.45, 7) is 17.8. The molecule has 0 bridgehead atoms. The molecule has 0 aliphatic carbocycles. The lowest BCUT2D eigenvalue weighted by atomic mass is 10.0. The summed E-state index contributed by atoms with van der Waals surface area (Å²) in [6.07, 6.45) is 26.2. The molecule has 0 spiro atoms. The Morgan fingerprint density at radius 2 is 0.567 bits per heavy atom. The van der Waals surface area contributed by atoms with Crippen molar-refractivity contribution in [2.75, 3.05) is 0 Å². The summed E-state index contributed by atoms with van der Waals surface area (Å²) in [4.78, 5) is 0. The van der Waals surface area contributed by atoms with E-state index in [0.29, 0.717) is 0 Å². The van der Waals surface area contributed by atoms with Crippen molar-refractivity contribution in [2.24, 2.45) is 0 Å². The highest BCUT2D eigenvalue weighted by molar-refractivity contribution is 5.08. The minimum absolute atomic E-state index is 1.17. The molecule has 0 atom stereocenters. The van der Waals surface area contributed by atoms with E-state index in [1.807, 2.05) is 0 Å². The molecule has 0 aromatic carbocycles. The molecule has 0 amide bonds. The second kappa shape index (κ2) is 18.2. The first kappa shape index (κ1) is 28.4. The molecule has 0 aromatic rings. The summed E-state index contributed by atoms with van der Waals surface area (Å²) in [5, 5.41) is 0. The number of unbranched alkanes of at least 4 members (excludes halogenated alkanes) is 1. The Morgan fingerprint density at radius 3 is 0.833 bits per heavy atom. The molecular weight excluding hydrogens is 360 g/mol. The van der Waals surface area contributed by atoms with Gasteiger partial charge in [-0.05, 0) is 120 Å². The fraction of sp³-hybridized carbons (Fsp3) is 0.600. The quantitative estimate of drug-likeness (QED) is 0.186. The Morgan fingerprint density at radius 1 is 0.333 bits per heavy atom. The van der Waals surface area contributed by atoms with Gasteiger partial charge in [-0.2, -0.15) is 0 Å². The molecule has 0 nitrogen and oxygen atoms in total. The van der Waals surface area contributed by atoms with E-state index < -0.39 is 0 Å². The highest BCUT2D eigenvalue weighted by atomic mass is 14.0. The van der Waals surface area contributed by atoms with Gasteiger partial charge in [0.2, 0.25) is 0 Å². The Bertz CT molecular complexity index is 636. The lowest BCUT2D eigenvalue weighted by Gasteiger charge is -2.03. The predicted octanol–water partition coefficient (Wildman–Crippen LogP) is 10.6. The molecular formula is C30H50. The molecule has 0 N–H and O–H groups in total. The zero-order chi connectivity index (χ0) is 22.8. The first-order valence-corrected chi connectivity index (χ1v) is 12.1. The van der Waals surface area contributed by atoms with E-state index in [-0.39, 0.29) is 0 Å². The Hall–Kier alpha value is -1.56. The predicted molar refractivity (Wildman–Crippen MR) is 140 cm³/mol. The first-order chi connectivity index (χ1) is 14.2. The lowest BCUT2D eigenvalue weighted by Crippen LogP contribution is -1.82. The third-order valence-electron chi connectivity index (χ3n) is 5.40. The highest BCUT2D eigenvalue weighted by Crippen LogP contribution is 2.14. The lowest BCUT2D eigenvalue weighted by molar-refractivity contribution is 0.892. The summed E-state index contributed by atoms with van der Waals surface area (Å²) < 4.78 is 0. The maximum absolute atomic E-state index is 2.44. The van der Waals surface area contributed by atoms with Crippen molar-refractivity contribution in [3.05, 3.63) is 69.9 Å². The molecule has 30 heavy (non-hydrogen) atoms. The van der Waals surface area contributed by atoms with Crippen molar-refractivity contribution in [1.82, 2.24) is 0 Å². The van der Waals surface area contributed by atoms with E-state index >= 15 is 0 Å². The second-order valence-corrected chi connectivity index (χ2v) is 9.50. The topological polar surface area (TPSA) is 0 Å². The number of hydrogen-bond donors (Lipinski definition) is 0. The van der Waals surface area contributed by atoms with E-state index in [0.717, 1.165) is 0 Å². The average Bonchev–Trinajstić information content (AvgIpc) is 2.64. The highest BCUT2D eigenvalue weighted by Gasteiger charge is 1.94. The minimum atomic E-state index is 1.17. The maximum Gasteiger partial charge on any atom is -0.0288 e. The van der Waals surface area contributed by atoms with Crippen LogP contribution in [0.1, 0.15) is 120 Å². The van der Waals surface area contributed by atoms with E-state index in [2.05, 4.69) is 91.8 Å². The van der Waals surface area contributed by atoms with Crippen molar-refractivity contribution in [2.45, 2.75) is 120 Å². The number of hydrogen-bond acceptors (Lipinski definition) is 0. The molecule has 0 aliphatic heterocycles. The fourth-order valence-corrected chi connectivity index (χ4v) is 3.34. The van der Waals surface area contributed by atoms with Gasteiger partial charge in [-0.15, -0.1) is 0 Å². The van der Waals surface area contributed by atoms with Gasteiger partial charge < -0.3 is 0 Å². The zero-order valence-electron chi connectivity index (χ0n) is 21.5. The molecule has 0 radical (unpaired) electrons. The van der Waals surface area contributed by atoms with Gasteiger partial charge in [0.05, 0.1) is 0 Å². The van der Waals surface area contributed by atoms with Crippen LogP contribution in [0.3, 0.4) is 0 Å². The van der Waals surface area contributed by atoms with Crippen LogP contribution in [0.25, 0.3) is 0 Å². The van der Waals surface area contributed by atoms with Crippen LogP contribution < -0.4 is 0 Å². The van der Waals surface area contributed by atoms with E-state index in [4.69, 9.17) is 0 Å². The van der Waals surface area contributed by atoms with Gasteiger partial charge >= 0.3 is 0 Å². The van der Waals surface area contributed by atoms with Crippen molar-refractivity contribution in [3.63, 3.8) is 0 Å². The summed E-state index contributed by atoms with van der Waals surface area (Å²) in [7, 11) is 0. The summed E-state index contributed by atoms with van der Waals surface area (Å²) in [6, 6.07) is 0. The molecule has 0 saturated heterocycles. The van der Waals surface area contributed by atoms with Gasteiger partial charge in [-0.1, -0.05) is 69.9 Å². The number of rotatable bonds is 15. The third kappa shape index (κ3) is 19.7. The van der Waals surface area contributed by atoms with E-state index in [1.54, 1.807) is 0 Å². The van der Waals surface area contributed by atoms with Crippen LogP contribution in [0.15, 0.2) is 69.9 Å². The molecule has 0 aromatic heterocycles. The summed E-state index contributed by atoms with van der Waals surface area (Å²) in [5.41, 5.74) is 8.97. The number of allylic oxidation sites excluding steroid dienone is 12. The Balaban J connectivity index is 4.06. The normalized spacial score (nSPS) is 13.5. The van der Waals surface area contributed by atoms with Gasteiger partial charge in [-0.3, -0.25) is 0 Å². The van der Waals surface area contributed by atoms with Gasteiger partial charge in [-0.25, -0.2) is 0 Å². The zero-order valence-corrected chi connectivity index (χ0v) is 21.5. The summed E-state index contributed by atoms with van der Waals surface area (Å²) >= 11 is 0. The van der Waals surface area contributed by atoms with Crippen LogP contribution in [0.2, 0.25) is 0 Å². The van der Waals surface area contributed by atoms with Crippen molar-refractivity contribution in [1.29, 1.82) is 0 Å². The molecule has 0 fully saturated rings. The van der Waals surface area contributed by atoms with E-state index in [9.17, 15) is 0 Å². The Labute approximate surface area is 189 Å². The summed E-state index contributed by atoms with van der Waals surface area (Å²) in [5.74, 6) is 0. The van der Waals surface area contributed by atoms with Gasteiger partial charge in [0.25, 0.3) is 0 Å². The largest absolute Gasteiger partial charge is 0.0856 e. The Kier molecular flexibility index (Phi) is 17.3. The first-order valence-electron chi connectivity index (χ1n) is 12.1. The van der Waals surface area contributed by atoms with Crippen LogP contribution in [-0.2, 0) is 0 Å². The van der Waals surface area contributed by atoms with Crippen molar-refractivity contribution < 1.29 is 0 Å². The van der Waals surface area contributed by atoms with Crippen molar-refractivity contribution in [3.8, 4) is 0 Å². The SMILES string of the molecule is CC(C)=CCCC(C)=CCCC=C(C)CCC=C(C)CCC=C(C)CCC=C(C)C. The molecule has 170 valence electrons. The second-order valence-electron chi connectivity index (χ2n) is 9.50. The minimum Gasteiger partial charge on any atom is -0.0856 e. The van der Waals surface area contributed by atoms with Crippen LogP contribution in [0.4, 0.5) is 0 Å². The smallest absolute Gasteiger partial charge is 0.0288 e. The molecule has 0 heterocycles. The van der Waals surface area contributed by atoms with Crippen LogP contribution in [0, 0.1) is 0 Å². The van der Waals surface area contributed by atoms with Crippen LogP contribution in [0.5, 0.6) is 0 Å². The van der Waals surface area contributed by atoms with E-state index in [1.165, 1.54) is 97.6 Å². The van der Waals surface area contributed by atoms with Crippen LogP contribution >= 0.6 is 0 Å². The van der Waals surface area contributed by atoms with Gasteiger partial charge in [0.1, 0.15) is 0 Å². The molecule has 0 rings (SSSR count). The van der Waals surface area contributed by atoms with Crippen LogP contribution in [-0.4, -0.2) is 0 Å². The molecule has 0 aliphatic rings. The average molecular weight is 411 g/mol. The van der Waals surface area contributed by atoms with Gasteiger partial charge in [0.15, 0.2) is 0 Å². The molecule has 0 heteroatoms. The maximum atomic E-state index is 2.44. The standard InChI is InChI=1S/C30H50/c1-25(2)15-11-19-27(5)17-9-10-18-28(6)21-13-23-30(8)24-14-22-29(7)20-12-16-26(3)4/h15-18,22-23H,9-14,19-21,24H2,1-8H3. The van der Waals surface area contributed by atoms with Gasteiger partial charge in [0, 0.05) is 0 Å². The monoisotopic (exact) mass is 410 g/mol. The van der Waals surface area contributed by atoms with Crippen molar-refractivity contribution >= 4 is 0 Å².